The SMILES string of the molecule is CCCCOc1ccc(N=S)nc1. The summed E-state index contributed by atoms with van der Waals surface area (Å²) < 4.78 is 8.93. The number of nitrogens with zero attached hydrogens (tertiary/aromatic N) is 2. The molecule has 0 saturated carbocycles. The number of pyridine rings is 1. The zero-order valence-corrected chi connectivity index (χ0v) is 8.38. The van der Waals surface area contributed by atoms with Crippen molar-refractivity contribution < 1.29 is 4.74 Å². The Morgan fingerprint density at radius 3 is 2.92 bits per heavy atom. The molecule has 0 spiro atoms. The molecule has 0 aliphatic rings. The summed E-state index contributed by atoms with van der Waals surface area (Å²) in [5.74, 6) is 1.33. The van der Waals surface area contributed by atoms with Gasteiger partial charge in [-0.05, 0) is 18.6 Å². The minimum absolute atomic E-state index is 0.554. The van der Waals surface area contributed by atoms with Crippen LogP contribution in [0.1, 0.15) is 19.8 Å². The molecule has 13 heavy (non-hydrogen) atoms. The molecule has 70 valence electrons. The van der Waals surface area contributed by atoms with Crippen molar-refractivity contribution in [3.8, 4) is 5.75 Å². The van der Waals surface area contributed by atoms with Gasteiger partial charge < -0.3 is 4.74 Å². The smallest absolute Gasteiger partial charge is 0.165 e. The van der Waals surface area contributed by atoms with Crippen molar-refractivity contribution in [3.05, 3.63) is 18.3 Å². The molecule has 1 aromatic rings. The zero-order chi connectivity index (χ0) is 9.52. The lowest BCUT2D eigenvalue weighted by Gasteiger charge is -2.03. The molecule has 0 aliphatic heterocycles. The van der Waals surface area contributed by atoms with Crippen LogP contribution < -0.4 is 4.74 Å². The highest BCUT2D eigenvalue weighted by atomic mass is 32.1. The average molecular weight is 196 g/mol. The van der Waals surface area contributed by atoms with E-state index in [1.165, 1.54) is 0 Å². The first-order valence-corrected chi connectivity index (χ1v) is 4.65. The molecule has 1 aromatic heterocycles. The predicted octanol–water partition coefficient (Wildman–Crippen LogP) is 2.62. The summed E-state index contributed by atoms with van der Waals surface area (Å²) in [4.78, 5) is 3.98. The Hall–Kier alpha value is -1.03. The van der Waals surface area contributed by atoms with Crippen LogP contribution in [0.15, 0.2) is 22.7 Å². The van der Waals surface area contributed by atoms with Crippen LogP contribution in [0.2, 0.25) is 0 Å². The molecule has 1 rings (SSSR count). The first-order valence-electron chi connectivity index (χ1n) is 4.29. The van der Waals surface area contributed by atoms with E-state index in [9.17, 15) is 0 Å². The number of hydrogen-bond donors (Lipinski definition) is 0. The van der Waals surface area contributed by atoms with E-state index in [4.69, 9.17) is 4.74 Å². The van der Waals surface area contributed by atoms with Crippen molar-refractivity contribution >= 4 is 18.2 Å². The first-order chi connectivity index (χ1) is 6.36. The highest BCUT2D eigenvalue weighted by Crippen LogP contribution is 2.13. The van der Waals surface area contributed by atoms with Crippen LogP contribution in [0.4, 0.5) is 5.82 Å². The lowest BCUT2D eigenvalue weighted by atomic mass is 10.3. The summed E-state index contributed by atoms with van der Waals surface area (Å²) >= 11 is 4.49. The Morgan fingerprint density at radius 1 is 1.54 bits per heavy atom. The Bertz CT molecular complexity index is 261. The Morgan fingerprint density at radius 2 is 2.38 bits per heavy atom. The molecule has 3 nitrogen and oxygen atoms in total. The number of ether oxygens (including phenoxy) is 1. The van der Waals surface area contributed by atoms with Crippen molar-refractivity contribution in [2.24, 2.45) is 4.36 Å². The van der Waals surface area contributed by atoms with E-state index in [0.29, 0.717) is 5.82 Å². The van der Waals surface area contributed by atoms with Gasteiger partial charge in [-0.15, -0.1) is 0 Å². The van der Waals surface area contributed by atoms with Crippen LogP contribution in [0.5, 0.6) is 5.75 Å². The molecular weight excluding hydrogens is 184 g/mol. The largest absolute Gasteiger partial charge is 0.492 e. The maximum Gasteiger partial charge on any atom is 0.165 e. The molecule has 0 fully saturated rings. The van der Waals surface area contributed by atoms with Crippen LogP contribution in [-0.2, 0) is 12.4 Å². The normalized spacial score (nSPS) is 9.62. The molecule has 0 radical (unpaired) electrons. The fourth-order valence-corrected chi connectivity index (χ4v) is 0.954. The molecule has 1 heterocycles. The van der Waals surface area contributed by atoms with Crippen LogP contribution >= 0.6 is 0 Å². The zero-order valence-electron chi connectivity index (χ0n) is 7.56. The highest BCUT2D eigenvalue weighted by Gasteiger charge is 1.94. The minimum Gasteiger partial charge on any atom is -0.492 e. The third kappa shape index (κ3) is 3.46. The van der Waals surface area contributed by atoms with Crippen molar-refractivity contribution in [1.29, 1.82) is 0 Å². The molecule has 0 unspecified atom stereocenters. The number of aromatic nitrogens is 1. The monoisotopic (exact) mass is 196 g/mol. The summed E-state index contributed by atoms with van der Waals surface area (Å²) in [5, 5.41) is 0. The number of rotatable bonds is 5. The third-order valence-electron chi connectivity index (χ3n) is 1.58. The second-order valence-electron chi connectivity index (χ2n) is 2.65. The van der Waals surface area contributed by atoms with Gasteiger partial charge in [-0.25, -0.2) is 4.98 Å². The van der Waals surface area contributed by atoms with E-state index in [1.807, 2.05) is 6.07 Å². The lowest BCUT2D eigenvalue weighted by Crippen LogP contribution is -1.96. The van der Waals surface area contributed by atoms with Crippen LogP contribution in [0.3, 0.4) is 0 Å². The van der Waals surface area contributed by atoms with E-state index in [-0.39, 0.29) is 0 Å². The van der Waals surface area contributed by atoms with Gasteiger partial charge in [-0.1, -0.05) is 13.3 Å². The summed E-state index contributed by atoms with van der Waals surface area (Å²) in [6.07, 6.45) is 3.83. The van der Waals surface area contributed by atoms with Crippen molar-refractivity contribution in [1.82, 2.24) is 4.98 Å². The van der Waals surface area contributed by atoms with Crippen molar-refractivity contribution in [2.75, 3.05) is 6.61 Å². The minimum atomic E-state index is 0.554. The van der Waals surface area contributed by atoms with E-state index in [0.717, 1.165) is 25.2 Å². The summed E-state index contributed by atoms with van der Waals surface area (Å²) in [6, 6.07) is 3.57. The van der Waals surface area contributed by atoms with E-state index >= 15 is 0 Å². The maximum atomic E-state index is 5.41. The Balaban J connectivity index is 2.44. The van der Waals surface area contributed by atoms with Crippen LogP contribution in [0, 0.1) is 0 Å². The van der Waals surface area contributed by atoms with Gasteiger partial charge in [-0.2, -0.15) is 4.36 Å². The first kappa shape index (κ1) is 10.1. The van der Waals surface area contributed by atoms with Gasteiger partial charge >= 0.3 is 0 Å². The predicted molar refractivity (Wildman–Crippen MR) is 54.1 cm³/mol. The third-order valence-corrected chi connectivity index (χ3v) is 1.77. The fraction of sp³-hybridized carbons (Fsp3) is 0.444. The summed E-state index contributed by atoms with van der Waals surface area (Å²) in [6.45, 7) is 2.86. The average Bonchev–Trinajstić information content (AvgIpc) is 2.19. The molecule has 0 atom stereocenters. The van der Waals surface area contributed by atoms with Crippen molar-refractivity contribution in [2.45, 2.75) is 19.8 Å². The Kier molecular flexibility index (Phi) is 4.32. The van der Waals surface area contributed by atoms with Crippen molar-refractivity contribution in [3.63, 3.8) is 0 Å². The second kappa shape index (κ2) is 5.59. The highest BCUT2D eigenvalue weighted by molar-refractivity contribution is 7.47. The lowest BCUT2D eigenvalue weighted by molar-refractivity contribution is 0.308. The van der Waals surface area contributed by atoms with Gasteiger partial charge in [0.1, 0.15) is 5.75 Å². The van der Waals surface area contributed by atoms with Gasteiger partial charge in [0.25, 0.3) is 0 Å². The second-order valence-corrected chi connectivity index (χ2v) is 2.83. The van der Waals surface area contributed by atoms with Gasteiger partial charge in [0, 0.05) is 12.4 Å². The Labute approximate surface area is 83.3 Å². The molecule has 0 N–H and O–H groups in total. The molecule has 0 aliphatic carbocycles. The molecular formula is C9H12N2OS. The molecule has 0 aromatic carbocycles. The van der Waals surface area contributed by atoms with Gasteiger partial charge in [0.2, 0.25) is 0 Å². The van der Waals surface area contributed by atoms with Crippen LogP contribution in [-0.4, -0.2) is 11.6 Å². The van der Waals surface area contributed by atoms with Crippen LogP contribution in [0.25, 0.3) is 0 Å². The number of unbranched alkanes of at least 4 members (excludes halogenated alkanes) is 1. The fourth-order valence-electron chi connectivity index (χ4n) is 0.846. The summed E-state index contributed by atoms with van der Waals surface area (Å²) in [5.41, 5.74) is 0. The van der Waals surface area contributed by atoms with E-state index < -0.39 is 0 Å². The summed E-state index contributed by atoms with van der Waals surface area (Å²) in [7, 11) is 0. The molecule has 0 saturated heterocycles. The topological polar surface area (TPSA) is 34.5 Å². The van der Waals surface area contributed by atoms with E-state index in [1.54, 1.807) is 12.3 Å². The quantitative estimate of drug-likeness (QED) is 0.679. The van der Waals surface area contributed by atoms with E-state index in [2.05, 4.69) is 28.7 Å². The molecule has 4 heteroatoms. The molecule has 0 amide bonds. The van der Waals surface area contributed by atoms with Gasteiger partial charge in [-0.3, -0.25) is 0 Å². The maximum absolute atomic E-state index is 5.41. The number of hydrogen-bond acceptors (Lipinski definition) is 4. The standard InChI is InChI=1S/C9H12N2OS/c1-2-3-6-12-8-4-5-9(11-13)10-7-8/h4-5,7H,2-3,6H2,1H3. The van der Waals surface area contributed by atoms with Gasteiger partial charge in [0.05, 0.1) is 12.8 Å². The molecule has 0 bridgehead atoms. The van der Waals surface area contributed by atoms with Gasteiger partial charge in [0.15, 0.2) is 5.82 Å².